The maximum absolute atomic E-state index is 11.6. The number of aliphatic hydroxyl groups is 2. The van der Waals surface area contributed by atoms with Crippen LogP contribution in [0.4, 0.5) is 0 Å². The van der Waals surface area contributed by atoms with Crippen LogP contribution >= 0.6 is 27.3 Å². The zero-order valence-electron chi connectivity index (χ0n) is 10.2. The number of rotatable bonds is 6. The molecule has 0 saturated heterocycles. The first-order valence-corrected chi connectivity index (χ1v) is 7.51. The fourth-order valence-corrected chi connectivity index (χ4v) is 2.84. The van der Waals surface area contributed by atoms with E-state index in [1.54, 1.807) is 13.8 Å². The van der Waals surface area contributed by atoms with Gasteiger partial charge in [0.05, 0.1) is 18.4 Å². The van der Waals surface area contributed by atoms with E-state index in [-0.39, 0.29) is 0 Å². The zero-order chi connectivity index (χ0) is 13.7. The number of halogens is 1. The Kier molecular flexibility index (Phi) is 6.20. The number of esters is 1. The lowest BCUT2D eigenvalue weighted by molar-refractivity contribution is 0.0172. The maximum atomic E-state index is 11.6. The number of aromatic nitrogens is 1. The second-order valence-electron chi connectivity index (χ2n) is 3.68. The molecule has 2 N–H and O–H groups in total. The number of ether oxygens (including phenoxy) is 1. The van der Waals surface area contributed by atoms with Gasteiger partial charge in [0.1, 0.15) is 16.0 Å². The van der Waals surface area contributed by atoms with E-state index < -0.39 is 18.2 Å². The molecule has 0 aliphatic carbocycles. The summed E-state index contributed by atoms with van der Waals surface area (Å²) in [5.41, 5.74) is 0.513. The minimum Gasteiger partial charge on any atom is -0.462 e. The van der Waals surface area contributed by atoms with Crippen LogP contribution in [-0.2, 0) is 4.74 Å². The molecule has 1 rings (SSSR count). The molecule has 0 spiro atoms. The molecule has 0 aromatic carbocycles. The number of hydrogen-bond acceptors (Lipinski definition) is 6. The van der Waals surface area contributed by atoms with Gasteiger partial charge in [0, 0.05) is 5.33 Å². The van der Waals surface area contributed by atoms with Gasteiger partial charge in [-0.2, -0.15) is 0 Å². The lowest BCUT2D eigenvalue weighted by Crippen LogP contribution is -2.18. The average Bonchev–Trinajstić information content (AvgIpc) is 2.71. The van der Waals surface area contributed by atoms with Crippen LogP contribution in [-0.4, -0.2) is 39.2 Å². The Balaban J connectivity index is 2.86. The summed E-state index contributed by atoms with van der Waals surface area (Å²) < 4.78 is 4.89. The van der Waals surface area contributed by atoms with Crippen molar-refractivity contribution in [2.45, 2.75) is 32.5 Å². The van der Waals surface area contributed by atoms with Gasteiger partial charge in [0.15, 0.2) is 0 Å². The highest BCUT2D eigenvalue weighted by Gasteiger charge is 2.24. The van der Waals surface area contributed by atoms with Gasteiger partial charge in [-0.3, -0.25) is 0 Å². The number of carbonyl (C=O) groups excluding carboxylic acids is 1. The molecule has 0 aliphatic heterocycles. The van der Waals surface area contributed by atoms with Crippen LogP contribution in [0.25, 0.3) is 0 Å². The monoisotopic (exact) mass is 337 g/mol. The summed E-state index contributed by atoms with van der Waals surface area (Å²) in [5, 5.41) is 20.5. The minimum atomic E-state index is -1.07. The molecule has 0 fully saturated rings. The van der Waals surface area contributed by atoms with Crippen molar-refractivity contribution in [1.29, 1.82) is 0 Å². The zero-order valence-corrected chi connectivity index (χ0v) is 12.6. The Morgan fingerprint density at radius 2 is 2.22 bits per heavy atom. The minimum absolute atomic E-state index is 0.292. The Hall–Kier alpha value is -0.500. The molecule has 102 valence electrons. The predicted octanol–water partition coefficient (Wildman–Crippen LogP) is 1.81. The molecule has 1 heterocycles. The van der Waals surface area contributed by atoms with E-state index in [4.69, 9.17) is 4.74 Å². The maximum Gasteiger partial charge on any atom is 0.350 e. The number of nitrogens with zero attached hydrogens (tertiary/aromatic N) is 1. The summed E-state index contributed by atoms with van der Waals surface area (Å²) in [7, 11) is 0. The highest BCUT2D eigenvalue weighted by atomic mass is 79.9. The third kappa shape index (κ3) is 3.74. The van der Waals surface area contributed by atoms with E-state index in [1.165, 1.54) is 0 Å². The number of aliphatic hydroxyl groups excluding tert-OH is 2. The highest BCUT2D eigenvalue weighted by Crippen LogP contribution is 2.27. The van der Waals surface area contributed by atoms with E-state index >= 15 is 0 Å². The summed E-state index contributed by atoms with van der Waals surface area (Å²) in [6, 6.07) is 0. The summed E-state index contributed by atoms with van der Waals surface area (Å²) in [6.45, 7) is 3.69. The highest BCUT2D eigenvalue weighted by molar-refractivity contribution is 9.09. The van der Waals surface area contributed by atoms with Gasteiger partial charge in [-0.1, -0.05) is 15.9 Å². The average molecular weight is 338 g/mol. The van der Waals surface area contributed by atoms with E-state index in [0.717, 1.165) is 11.3 Å². The first-order valence-electron chi connectivity index (χ1n) is 5.57. The molecule has 1 aromatic rings. The molecule has 0 aliphatic rings. The predicted molar refractivity (Wildman–Crippen MR) is 72.2 cm³/mol. The van der Waals surface area contributed by atoms with Crippen LogP contribution in [0.5, 0.6) is 0 Å². The van der Waals surface area contributed by atoms with Crippen LogP contribution < -0.4 is 0 Å². The van der Waals surface area contributed by atoms with Gasteiger partial charge in [-0.15, -0.1) is 11.3 Å². The van der Waals surface area contributed by atoms with Crippen molar-refractivity contribution in [2.75, 3.05) is 11.9 Å². The first-order chi connectivity index (χ1) is 8.51. The van der Waals surface area contributed by atoms with Gasteiger partial charge in [-0.05, 0) is 20.3 Å². The number of carbonyl (C=O) groups is 1. The van der Waals surface area contributed by atoms with Crippen LogP contribution in [0.3, 0.4) is 0 Å². The van der Waals surface area contributed by atoms with Crippen LogP contribution in [0.1, 0.15) is 39.8 Å². The molecule has 1 aromatic heterocycles. The van der Waals surface area contributed by atoms with Crippen molar-refractivity contribution < 1.29 is 19.7 Å². The van der Waals surface area contributed by atoms with Gasteiger partial charge in [0.25, 0.3) is 0 Å². The molecule has 7 heteroatoms. The topological polar surface area (TPSA) is 79.7 Å². The second-order valence-corrected chi connectivity index (χ2v) is 5.50. The summed E-state index contributed by atoms with van der Waals surface area (Å²) >= 11 is 4.25. The Morgan fingerprint density at radius 3 is 2.78 bits per heavy atom. The fraction of sp³-hybridized carbons (Fsp3) is 0.636. The lowest BCUT2D eigenvalue weighted by Gasteiger charge is -2.13. The molecule has 5 nitrogen and oxygen atoms in total. The van der Waals surface area contributed by atoms with Crippen molar-refractivity contribution in [2.24, 2.45) is 0 Å². The second kappa shape index (κ2) is 7.18. The van der Waals surface area contributed by atoms with Gasteiger partial charge in [0.2, 0.25) is 0 Å². The lowest BCUT2D eigenvalue weighted by atomic mass is 10.2. The summed E-state index contributed by atoms with van der Waals surface area (Å²) in [4.78, 5) is 16.1. The third-order valence-electron chi connectivity index (χ3n) is 2.30. The Labute approximate surface area is 118 Å². The standard InChI is InChI=1S/C11H16BrNO4S/c1-3-17-11(16)9-6(2)13-10(18-9)8(15)7(14)4-5-12/h7-8,14-15H,3-5H2,1-2H3. The van der Waals surface area contributed by atoms with Crippen molar-refractivity contribution in [3.63, 3.8) is 0 Å². The number of aryl methyl sites for hydroxylation is 1. The molecule has 0 radical (unpaired) electrons. The van der Waals surface area contributed by atoms with Crippen LogP contribution in [0, 0.1) is 6.92 Å². The third-order valence-corrected chi connectivity index (χ3v) is 3.96. The van der Waals surface area contributed by atoms with Gasteiger partial charge < -0.3 is 14.9 Å². The van der Waals surface area contributed by atoms with Crippen LogP contribution in [0.2, 0.25) is 0 Å². The van der Waals surface area contributed by atoms with E-state index in [9.17, 15) is 15.0 Å². The fourth-order valence-electron chi connectivity index (χ4n) is 1.36. The number of hydrogen-bond donors (Lipinski definition) is 2. The molecule has 0 saturated carbocycles. The molecular formula is C11H16BrNO4S. The molecule has 0 amide bonds. The van der Waals surface area contributed by atoms with Crippen molar-refractivity contribution >= 4 is 33.2 Å². The van der Waals surface area contributed by atoms with Crippen molar-refractivity contribution in [3.8, 4) is 0 Å². The molecule has 18 heavy (non-hydrogen) atoms. The molecule has 2 unspecified atom stereocenters. The van der Waals surface area contributed by atoms with E-state index in [2.05, 4.69) is 20.9 Å². The van der Waals surface area contributed by atoms with E-state index in [1.807, 2.05) is 0 Å². The number of thiazole rings is 1. The normalized spacial score (nSPS) is 14.3. The van der Waals surface area contributed by atoms with E-state index in [0.29, 0.717) is 33.9 Å². The number of alkyl halides is 1. The van der Waals surface area contributed by atoms with Crippen LogP contribution in [0.15, 0.2) is 0 Å². The Bertz CT molecular complexity index is 410. The van der Waals surface area contributed by atoms with Crippen molar-refractivity contribution in [1.82, 2.24) is 4.98 Å². The molecule has 0 bridgehead atoms. The summed E-state index contributed by atoms with van der Waals surface area (Å²) in [6.07, 6.45) is -1.56. The quantitative estimate of drug-likeness (QED) is 0.611. The SMILES string of the molecule is CCOC(=O)c1sc(C(O)C(O)CCBr)nc1C. The Morgan fingerprint density at radius 1 is 1.56 bits per heavy atom. The van der Waals surface area contributed by atoms with Crippen molar-refractivity contribution in [3.05, 3.63) is 15.6 Å². The van der Waals surface area contributed by atoms with Gasteiger partial charge in [-0.25, -0.2) is 9.78 Å². The molecule has 2 atom stereocenters. The smallest absolute Gasteiger partial charge is 0.350 e. The van der Waals surface area contributed by atoms with Gasteiger partial charge >= 0.3 is 5.97 Å². The summed E-state index contributed by atoms with van der Waals surface area (Å²) in [5.74, 6) is -0.444. The molecular weight excluding hydrogens is 322 g/mol. The largest absolute Gasteiger partial charge is 0.462 e. The first kappa shape index (κ1) is 15.6.